The van der Waals surface area contributed by atoms with Crippen LogP contribution < -0.4 is 5.73 Å². The summed E-state index contributed by atoms with van der Waals surface area (Å²) in [6, 6.07) is 2.95. The number of halogens is 1. The van der Waals surface area contributed by atoms with E-state index in [2.05, 4.69) is 31.1 Å². The Morgan fingerprint density at radius 1 is 1.56 bits per heavy atom. The zero-order chi connectivity index (χ0) is 11.5. The van der Waals surface area contributed by atoms with Crippen molar-refractivity contribution in [2.24, 2.45) is 5.73 Å². The second-order valence-electron chi connectivity index (χ2n) is 3.08. The zero-order valence-electron chi connectivity index (χ0n) is 8.17. The number of aromatic nitrogens is 3. The van der Waals surface area contributed by atoms with Gasteiger partial charge >= 0.3 is 0 Å². The maximum absolute atomic E-state index is 8.84. The van der Waals surface area contributed by atoms with Crippen LogP contribution in [-0.2, 0) is 0 Å². The van der Waals surface area contributed by atoms with Crippen molar-refractivity contribution in [1.82, 2.24) is 15.1 Å². The third-order valence-corrected chi connectivity index (χ3v) is 2.57. The molecule has 0 aliphatic heterocycles. The van der Waals surface area contributed by atoms with Gasteiger partial charge in [-0.25, -0.2) is 0 Å². The van der Waals surface area contributed by atoms with Crippen molar-refractivity contribution in [2.45, 2.75) is 6.04 Å². The number of nitrogens with zero attached hydrogens (tertiary/aromatic N) is 3. The molecule has 0 fully saturated rings. The van der Waals surface area contributed by atoms with Gasteiger partial charge in [0.05, 0.1) is 6.61 Å². The SMILES string of the molecule is N[C@@H](CO)c1nc(-c2ncccc2Br)no1. The molecule has 2 heterocycles. The highest BCUT2D eigenvalue weighted by molar-refractivity contribution is 9.10. The van der Waals surface area contributed by atoms with Crippen molar-refractivity contribution in [3.05, 3.63) is 28.7 Å². The number of pyridine rings is 1. The fourth-order valence-corrected chi connectivity index (χ4v) is 1.54. The lowest BCUT2D eigenvalue weighted by atomic mass is 10.3. The smallest absolute Gasteiger partial charge is 0.246 e. The molecule has 1 atom stereocenters. The highest BCUT2D eigenvalue weighted by atomic mass is 79.9. The van der Waals surface area contributed by atoms with E-state index >= 15 is 0 Å². The third kappa shape index (κ3) is 2.11. The van der Waals surface area contributed by atoms with Crippen LogP contribution in [0.15, 0.2) is 27.3 Å². The quantitative estimate of drug-likeness (QED) is 0.869. The van der Waals surface area contributed by atoms with Crippen LogP contribution in [-0.4, -0.2) is 26.8 Å². The first-order chi connectivity index (χ1) is 7.72. The predicted molar refractivity (Wildman–Crippen MR) is 59.2 cm³/mol. The molecule has 0 spiro atoms. The van der Waals surface area contributed by atoms with Crippen LogP contribution in [0, 0.1) is 0 Å². The zero-order valence-corrected chi connectivity index (χ0v) is 9.75. The molecule has 2 aromatic rings. The minimum absolute atomic E-state index is 0.190. The molecule has 7 heteroatoms. The van der Waals surface area contributed by atoms with Crippen LogP contribution in [0.1, 0.15) is 11.9 Å². The van der Waals surface area contributed by atoms with Crippen molar-refractivity contribution in [1.29, 1.82) is 0 Å². The van der Waals surface area contributed by atoms with Crippen molar-refractivity contribution in [3.8, 4) is 11.5 Å². The van der Waals surface area contributed by atoms with E-state index in [1.807, 2.05) is 6.07 Å². The molecular weight excluding hydrogens is 276 g/mol. The number of hydrogen-bond donors (Lipinski definition) is 2. The lowest BCUT2D eigenvalue weighted by Gasteiger charge is -1.98. The Morgan fingerprint density at radius 2 is 2.38 bits per heavy atom. The molecule has 16 heavy (non-hydrogen) atoms. The highest BCUT2D eigenvalue weighted by Gasteiger charge is 2.16. The van der Waals surface area contributed by atoms with Gasteiger partial charge in [-0.2, -0.15) is 4.98 Å². The van der Waals surface area contributed by atoms with E-state index in [-0.39, 0.29) is 12.5 Å². The normalized spacial score (nSPS) is 12.7. The van der Waals surface area contributed by atoms with Gasteiger partial charge in [0.25, 0.3) is 0 Å². The van der Waals surface area contributed by atoms with Crippen molar-refractivity contribution >= 4 is 15.9 Å². The summed E-state index contributed by atoms with van der Waals surface area (Å²) in [5, 5.41) is 12.6. The molecule has 2 aromatic heterocycles. The van der Waals surface area contributed by atoms with Gasteiger partial charge < -0.3 is 15.4 Å². The molecule has 2 rings (SSSR count). The second-order valence-corrected chi connectivity index (χ2v) is 3.93. The van der Waals surface area contributed by atoms with Crippen molar-refractivity contribution < 1.29 is 9.63 Å². The monoisotopic (exact) mass is 284 g/mol. The summed E-state index contributed by atoms with van der Waals surface area (Å²) in [5.41, 5.74) is 6.12. The number of aliphatic hydroxyl groups is 1. The molecule has 84 valence electrons. The summed E-state index contributed by atoms with van der Waals surface area (Å²) in [4.78, 5) is 8.17. The standard InChI is InChI=1S/C9H9BrN4O2/c10-5-2-1-3-12-7(5)8-13-9(16-14-8)6(11)4-15/h1-3,6,15H,4,11H2/t6-/m0/s1. The van der Waals surface area contributed by atoms with Crippen LogP contribution in [0.3, 0.4) is 0 Å². The van der Waals surface area contributed by atoms with Gasteiger partial charge in [-0.15, -0.1) is 0 Å². The van der Waals surface area contributed by atoms with Crippen LogP contribution in [0.5, 0.6) is 0 Å². The van der Waals surface area contributed by atoms with E-state index in [1.165, 1.54) is 0 Å². The molecule has 0 saturated carbocycles. The average molecular weight is 285 g/mol. The number of nitrogens with two attached hydrogens (primary N) is 1. The second kappa shape index (κ2) is 4.69. The van der Waals surface area contributed by atoms with Gasteiger partial charge in [-0.1, -0.05) is 5.16 Å². The molecule has 0 aliphatic rings. The summed E-state index contributed by atoms with van der Waals surface area (Å²) in [6.07, 6.45) is 1.63. The van der Waals surface area contributed by atoms with Gasteiger partial charge in [-0.05, 0) is 28.1 Å². The average Bonchev–Trinajstić information content (AvgIpc) is 2.78. The molecule has 0 bridgehead atoms. The largest absolute Gasteiger partial charge is 0.394 e. The predicted octanol–water partition coefficient (Wildman–Crippen LogP) is 0.886. The molecule has 0 aromatic carbocycles. The molecule has 0 saturated heterocycles. The van der Waals surface area contributed by atoms with Crippen LogP contribution in [0.25, 0.3) is 11.5 Å². The van der Waals surface area contributed by atoms with Crippen LogP contribution in [0.2, 0.25) is 0 Å². The van der Waals surface area contributed by atoms with Gasteiger partial charge in [0, 0.05) is 10.7 Å². The van der Waals surface area contributed by atoms with E-state index < -0.39 is 6.04 Å². The Hall–Kier alpha value is -1.31. The first kappa shape index (κ1) is 11.2. The molecule has 0 unspecified atom stereocenters. The topological polar surface area (TPSA) is 98.1 Å². The van der Waals surface area contributed by atoms with Crippen molar-refractivity contribution in [3.63, 3.8) is 0 Å². The summed E-state index contributed by atoms with van der Waals surface area (Å²) < 4.78 is 5.68. The van der Waals surface area contributed by atoms with Crippen molar-refractivity contribution in [2.75, 3.05) is 6.61 Å². The molecular formula is C9H9BrN4O2. The highest BCUT2D eigenvalue weighted by Crippen LogP contribution is 2.23. The van der Waals surface area contributed by atoms with E-state index in [0.717, 1.165) is 4.47 Å². The Kier molecular flexibility index (Phi) is 3.28. The molecule has 3 N–H and O–H groups in total. The first-order valence-electron chi connectivity index (χ1n) is 4.53. The van der Waals surface area contributed by atoms with Gasteiger partial charge in [0.1, 0.15) is 11.7 Å². The van der Waals surface area contributed by atoms with E-state index in [0.29, 0.717) is 11.5 Å². The number of hydrogen-bond acceptors (Lipinski definition) is 6. The Bertz CT molecular complexity index is 488. The first-order valence-corrected chi connectivity index (χ1v) is 5.32. The maximum Gasteiger partial charge on any atom is 0.246 e. The summed E-state index contributed by atoms with van der Waals surface area (Å²) in [6.45, 7) is -0.245. The van der Waals surface area contributed by atoms with Gasteiger partial charge in [0.15, 0.2) is 0 Å². The Morgan fingerprint density at radius 3 is 3.06 bits per heavy atom. The molecule has 0 radical (unpaired) electrons. The van der Waals surface area contributed by atoms with E-state index in [4.69, 9.17) is 15.4 Å². The van der Waals surface area contributed by atoms with Crippen LogP contribution in [0.4, 0.5) is 0 Å². The summed E-state index contributed by atoms with van der Waals surface area (Å²) >= 11 is 3.33. The molecule has 0 aliphatic carbocycles. The summed E-state index contributed by atoms with van der Waals surface area (Å²) in [7, 11) is 0. The van der Waals surface area contributed by atoms with Crippen LogP contribution >= 0.6 is 15.9 Å². The lowest BCUT2D eigenvalue weighted by molar-refractivity contribution is 0.237. The van der Waals surface area contributed by atoms with Gasteiger partial charge in [-0.3, -0.25) is 4.98 Å². The minimum Gasteiger partial charge on any atom is -0.394 e. The fourth-order valence-electron chi connectivity index (χ4n) is 1.11. The number of aliphatic hydroxyl groups excluding tert-OH is 1. The van der Waals surface area contributed by atoms with E-state index in [9.17, 15) is 0 Å². The van der Waals surface area contributed by atoms with Gasteiger partial charge in [0.2, 0.25) is 11.7 Å². The Labute approximate surface area is 99.6 Å². The lowest BCUT2D eigenvalue weighted by Crippen LogP contribution is -2.14. The molecule has 0 amide bonds. The Balaban J connectivity index is 2.35. The molecule has 6 nitrogen and oxygen atoms in total. The number of rotatable bonds is 3. The van der Waals surface area contributed by atoms with E-state index in [1.54, 1.807) is 12.3 Å². The fraction of sp³-hybridized carbons (Fsp3) is 0.222. The minimum atomic E-state index is -0.663. The summed E-state index contributed by atoms with van der Waals surface area (Å²) in [5.74, 6) is 0.529. The third-order valence-electron chi connectivity index (χ3n) is 1.93. The maximum atomic E-state index is 8.84.